The second-order valence-electron chi connectivity index (χ2n) is 5.91. The number of ketones is 1. The van der Waals surface area contributed by atoms with Gasteiger partial charge in [0.05, 0.1) is 4.90 Å². The molecular formula is C19H14N2O3S. The molecule has 0 unspecified atom stereocenters. The van der Waals surface area contributed by atoms with E-state index >= 15 is 0 Å². The summed E-state index contributed by atoms with van der Waals surface area (Å²) in [6.07, 6.45) is 0. The van der Waals surface area contributed by atoms with Crippen LogP contribution in [0.1, 0.15) is 21.5 Å². The van der Waals surface area contributed by atoms with E-state index in [1.54, 1.807) is 30.3 Å². The Kier molecular flexibility index (Phi) is 3.43. The van der Waals surface area contributed by atoms with Crippen molar-refractivity contribution >= 4 is 32.3 Å². The highest BCUT2D eigenvalue weighted by atomic mass is 32.2. The SMILES string of the molecule is Cc1ccc(S(=O)(=O)N/N=C2\C(=O)c3cccc4cccc2c34)cc1. The summed E-state index contributed by atoms with van der Waals surface area (Å²) in [6, 6.07) is 17.4. The Labute approximate surface area is 145 Å². The predicted octanol–water partition coefficient (Wildman–Crippen LogP) is 3.03. The Balaban J connectivity index is 1.75. The Bertz CT molecular complexity index is 1140. The lowest BCUT2D eigenvalue weighted by Gasteiger charge is -2.05. The van der Waals surface area contributed by atoms with Crippen LogP contribution >= 0.6 is 0 Å². The van der Waals surface area contributed by atoms with Crippen molar-refractivity contribution in [1.82, 2.24) is 4.83 Å². The van der Waals surface area contributed by atoms with Gasteiger partial charge in [0.25, 0.3) is 10.0 Å². The molecule has 0 heterocycles. The van der Waals surface area contributed by atoms with Gasteiger partial charge in [0.1, 0.15) is 5.71 Å². The minimum atomic E-state index is -3.83. The van der Waals surface area contributed by atoms with Crippen molar-refractivity contribution in [1.29, 1.82) is 0 Å². The lowest BCUT2D eigenvalue weighted by atomic mass is 10.1. The zero-order valence-corrected chi connectivity index (χ0v) is 14.2. The average Bonchev–Trinajstić information content (AvgIpc) is 2.88. The van der Waals surface area contributed by atoms with Gasteiger partial charge in [0, 0.05) is 16.5 Å². The first-order valence-corrected chi connectivity index (χ1v) is 9.19. The monoisotopic (exact) mass is 350 g/mol. The molecule has 1 aliphatic rings. The van der Waals surface area contributed by atoms with E-state index in [1.165, 1.54) is 12.1 Å². The lowest BCUT2D eigenvalue weighted by molar-refractivity contribution is 0.107. The molecule has 0 atom stereocenters. The van der Waals surface area contributed by atoms with E-state index in [1.807, 2.05) is 25.1 Å². The number of aryl methyl sites for hydroxylation is 1. The number of hydrogen-bond acceptors (Lipinski definition) is 4. The number of sulfonamides is 1. The molecule has 0 aliphatic heterocycles. The maximum atomic E-state index is 12.6. The minimum absolute atomic E-state index is 0.101. The number of hydrogen-bond donors (Lipinski definition) is 1. The fraction of sp³-hybridized carbons (Fsp3) is 0.0526. The number of hydrazone groups is 1. The van der Waals surface area contributed by atoms with Crippen LogP contribution in [0.15, 0.2) is 70.7 Å². The topological polar surface area (TPSA) is 75.6 Å². The second kappa shape index (κ2) is 5.53. The first kappa shape index (κ1) is 15.5. The quantitative estimate of drug-likeness (QED) is 0.738. The fourth-order valence-corrected chi connectivity index (χ4v) is 3.78. The number of benzene rings is 3. The molecule has 6 heteroatoms. The largest absolute Gasteiger partial charge is 0.287 e. The van der Waals surface area contributed by atoms with E-state index in [0.717, 1.165) is 16.3 Å². The molecular weight excluding hydrogens is 336 g/mol. The number of Topliss-reactive ketones (excluding diaryl/α,β-unsaturated/α-hetero) is 1. The maximum Gasteiger partial charge on any atom is 0.276 e. The summed E-state index contributed by atoms with van der Waals surface area (Å²) in [5.41, 5.74) is 2.26. The van der Waals surface area contributed by atoms with Crippen LogP contribution in [0.2, 0.25) is 0 Å². The van der Waals surface area contributed by atoms with Crippen LogP contribution in [-0.4, -0.2) is 19.9 Å². The van der Waals surface area contributed by atoms with E-state index in [-0.39, 0.29) is 16.4 Å². The molecule has 1 aliphatic carbocycles. The van der Waals surface area contributed by atoms with Crippen LogP contribution in [0.25, 0.3) is 10.8 Å². The molecule has 0 saturated carbocycles. The van der Waals surface area contributed by atoms with Crippen molar-refractivity contribution in [3.8, 4) is 0 Å². The molecule has 25 heavy (non-hydrogen) atoms. The molecule has 1 N–H and O–H groups in total. The van der Waals surface area contributed by atoms with Crippen molar-refractivity contribution in [2.45, 2.75) is 11.8 Å². The van der Waals surface area contributed by atoms with Crippen LogP contribution in [0.4, 0.5) is 0 Å². The van der Waals surface area contributed by atoms with Crippen molar-refractivity contribution in [3.05, 3.63) is 77.4 Å². The fourth-order valence-electron chi connectivity index (χ4n) is 2.96. The third kappa shape index (κ3) is 2.51. The normalized spacial score (nSPS) is 15.1. The molecule has 5 nitrogen and oxygen atoms in total. The first-order chi connectivity index (χ1) is 12.0. The summed E-state index contributed by atoms with van der Waals surface area (Å²) in [7, 11) is -3.83. The summed E-state index contributed by atoms with van der Waals surface area (Å²) in [5.74, 6) is -0.279. The van der Waals surface area contributed by atoms with Gasteiger partial charge in [-0.25, -0.2) is 0 Å². The van der Waals surface area contributed by atoms with E-state index in [9.17, 15) is 13.2 Å². The predicted molar refractivity (Wildman–Crippen MR) is 96.3 cm³/mol. The first-order valence-electron chi connectivity index (χ1n) is 7.70. The Morgan fingerprint density at radius 3 is 2.20 bits per heavy atom. The van der Waals surface area contributed by atoms with Crippen molar-refractivity contribution in [2.24, 2.45) is 5.10 Å². The minimum Gasteiger partial charge on any atom is -0.287 e. The van der Waals surface area contributed by atoms with Crippen molar-refractivity contribution in [2.75, 3.05) is 0 Å². The summed E-state index contributed by atoms with van der Waals surface area (Å²) >= 11 is 0. The number of carbonyl (C=O) groups is 1. The summed E-state index contributed by atoms with van der Waals surface area (Å²) in [4.78, 5) is 14.9. The molecule has 0 bridgehead atoms. The number of rotatable bonds is 3. The second-order valence-corrected chi connectivity index (χ2v) is 7.57. The van der Waals surface area contributed by atoms with Gasteiger partial charge in [0.2, 0.25) is 5.78 Å². The van der Waals surface area contributed by atoms with Crippen molar-refractivity contribution in [3.63, 3.8) is 0 Å². The van der Waals surface area contributed by atoms with Gasteiger partial charge < -0.3 is 0 Å². The average molecular weight is 350 g/mol. The van der Waals surface area contributed by atoms with Crippen LogP contribution in [-0.2, 0) is 10.0 Å². The number of carbonyl (C=O) groups excluding carboxylic acids is 1. The summed E-state index contributed by atoms with van der Waals surface area (Å²) < 4.78 is 24.8. The highest BCUT2D eigenvalue weighted by Crippen LogP contribution is 2.30. The van der Waals surface area contributed by atoms with E-state index in [4.69, 9.17) is 0 Å². The molecule has 0 amide bonds. The third-order valence-electron chi connectivity index (χ3n) is 4.23. The van der Waals surface area contributed by atoms with Gasteiger partial charge in [-0.2, -0.15) is 18.4 Å². The highest BCUT2D eigenvalue weighted by molar-refractivity contribution is 7.89. The molecule has 3 aromatic rings. The molecule has 0 saturated heterocycles. The summed E-state index contributed by atoms with van der Waals surface area (Å²) in [6.45, 7) is 1.87. The smallest absolute Gasteiger partial charge is 0.276 e. The van der Waals surface area contributed by atoms with Gasteiger partial charge >= 0.3 is 0 Å². The Hall–Kier alpha value is -2.99. The standard InChI is InChI=1S/C19H14N2O3S/c1-12-8-10-14(11-9-12)25(23,24)21-20-18-15-6-2-4-13-5-3-7-16(17(13)15)19(18)22/h2-11,21H,1H3/b20-18-. The Morgan fingerprint density at radius 1 is 0.880 bits per heavy atom. The maximum absolute atomic E-state index is 12.6. The third-order valence-corrected chi connectivity index (χ3v) is 5.45. The van der Waals surface area contributed by atoms with E-state index in [0.29, 0.717) is 11.1 Å². The van der Waals surface area contributed by atoms with Gasteiger partial charge in [-0.1, -0.05) is 54.1 Å². The van der Waals surface area contributed by atoms with Crippen molar-refractivity contribution < 1.29 is 13.2 Å². The molecule has 124 valence electrons. The van der Waals surface area contributed by atoms with Crippen LogP contribution in [0.3, 0.4) is 0 Å². The van der Waals surface area contributed by atoms with Gasteiger partial charge in [0.15, 0.2) is 0 Å². The Morgan fingerprint density at radius 2 is 1.52 bits per heavy atom. The molecule has 4 rings (SSSR count). The number of nitrogens with zero attached hydrogens (tertiary/aromatic N) is 1. The van der Waals surface area contributed by atoms with Gasteiger partial charge in [-0.3, -0.25) is 4.79 Å². The molecule has 3 aromatic carbocycles. The molecule has 0 spiro atoms. The van der Waals surface area contributed by atoms with Crippen LogP contribution in [0, 0.1) is 6.92 Å². The molecule has 0 fully saturated rings. The number of nitrogens with one attached hydrogen (secondary N) is 1. The highest BCUT2D eigenvalue weighted by Gasteiger charge is 2.29. The molecule has 0 aromatic heterocycles. The summed E-state index contributed by atoms with van der Waals surface area (Å²) in [5, 5.41) is 5.68. The molecule has 0 radical (unpaired) electrons. The lowest BCUT2D eigenvalue weighted by Crippen LogP contribution is -2.22. The zero-order chi connectivity index (χ0) is 17.6. The van der Waals surface area contributed by atoms with Gasteiger partial charge in [-0.15, -0.1) is 0 Å². The zero-order valence-electron chi connectivity index (χ0n) is 13.4. The van der Waals surface area contributed by atoms with E-state index in [2.05, 4.69) is 9.93 Å². The van der Waals surface area contributed by atoms with Crippen LogP contribution < -0.4 is 4.83 Å². The van der Waals surface area contributed by atoms with E-state index < -0.39 is 10.0 Å². The van der Waals surface area contributed by atoms with Gasteiger partial charge in [-0.05, 0) is 24.4 Å². The van der Waals surface area contributed by atoms with Crippen LogP contribution in [0.5, 0.6) is 0 Å².